The third kappa shape index (κ3) is 3.14. The number of amides is 1. The molecule has 0 radical (unpaired) electrons. The summed E-state index contributed by atoms with van der Waals surface area (Å²) in [7, 11) is 0. The Balaban J connectivity index is 1.57. The summed E-state index contributed by atoms with van der Waals surface area (Å²) >= 11 is 0. The Morgan fingerprint density at radius 1 is 1.23 bits per heavy atom. The van der Waals surface area contributed by atoms with Crippen molar-refractivity contribution in [1.82, 2.24) is 9.80 Å². The second-order valence-electron chi connectivity index (χ2n) is 7.42. The summed E-state index contributed by atoms with van der Waals surface area (Å²) in [6.07, 6.45) is 5.06. The van der Waals surface area contributed by atoms with Crippen molar-refractivity contribution in [2.45, 2.75) is 64.0 Å². The molecule has 1 amide bonds. The average Bonchev–Trinajstić information content (AvgIpc) is 2.87. The van der Waals surface area contributed by atoms with Gasteiger partial charge in [-0.3, -0.25) is 9.59 Å². The van der Waals surface area contributed by atoms with Crippen molar-refractivity contribution in [3.8, 4) is 0 Å². The molecule has 3 saturated heterocycles. The second kappa shape index (κ2) is 6.19. The zero-order chi connectivity index (χ0) is 15.7. The standard InChI is InChI=1S/C17H28N2O3/c1-13(2)18-10-5-14(6-11-18)16(21)19-9-3-7-17(12-19)8-4-15(20)22-17/h13-14H,3-12H2,1-2H3/t17-/m0/s1. The van der Waals surface area contributed by atoms with Crippen LogP contribution in [0.2, 0.25) is 0 Å². The van der Waals surface area contributed by atoms with E-state index in [2.05, 4.69) is 18.7 Å². The summed E-state index contributed by atoms with van der Waals surface area (Å²) in [6, 6.07) is 0.562. The lowest BCUT2D eigenvalue weighted by Gasteiger charge is -2.42. The van der Waals surface area contributed by atoms with E-state index in [-0.39, 0.29) is 23.4 Å². The Morgan fingerprint density at radius 2 is 1.95 bits per heavy atom. The molecule has 3 heterocycles. The lowest BCUT2D eigenvalue weighted by atomic mass is 9.88. The van der Waals surface area contributed by atoms with Gasteiger partial charge in [0.2, 0.25) is 5.91 Å². The van der Waals surface area contributed by atoms with Crippen molar-refractivity contribution in [2.75, 3.05) is 26.2 Å². The molecule has 3 fully saturated rings. The number of hydrogen-bond donors (Lipinski definition) is 0. The van der Waals surface area contributed by atoms with Gasteiger partial charge in [0, 0.05) is 24.9 Å². The zero-order valence-corrected chi connectivity index (χ0v) is 13.8. The number of carbonyl (C=O) groups is 2. The van der Waals surface area contributed by atoms with E-state index < -0.39 is 0 Å². The molecule has 5 heteroatoms. The fourth-order valence-electron chi connectivity index (χ4n) is 4.17. The van der Waals surface area contributed by atoms with Gasteiger partial charge in [-0.05, 0) is 59.0 Å². The highest BCUT2D eigenvalue weighted by atomic mass is 16.6. The van der Waals surface area contributed by atoms with Crippen LogP contribution < -0.4 is 0 Å². The van der Waals surface area contributed by atoms with E-state index in [0.29, 0.717) is 19.0 Å². The first-order chi connectivity index (χ1) is 10.5. The molecule has 0 aromatic heterocycles. The molecule has 0 aromatic carbocycles. The molecule has 22 heavy (non-hydrogen) atoms. The second-order valence-corrected chi connectivity index (χ2v) is 7.42. The normalized spacial score (nSPS) is 31.0. The van der Waals surface area contributed by atoms with Crippen LogP contribution in [0.25, 0.3) is 0 Å². The number of piperidine rings is 2. The number of carbonyl (C=O) groups excluding carboxylic acids is 2. The fourth-order valence-corrected chi connectivity index (χ4v) is 4.17. The Morgan fingerprint density at radius 3 is 2.55 bits per heavy atom. The highest BCUT2D eigenvalue weighted by molar-refractivity contribution is 5.79. The molecule has 3 aliphatic rings. The third-order valence-corrected chi connectivity index (χ3v) is 5.58. The number of esters is 1. The molecule has 0 aliphatic carbocycles. The number of rotatable bonds is 2. The lowest BCUT2D eigenvalue weighted by Crippen LogP contribution is -2.53. The maximum absolute atomic E-state index is 12.8. The SMILES string of the molecule is CC(C)N1CCC(C(=O)N2CCC[C@]3(CCC(=O)O3)C2)CC1. The maximum Gasteiger partial charge on any atom is 0.306 e. The van der Waals surface area contributed by atoms with Gasteiger partial charge >= 0.3 is 5.97 Å². The fraction of sp³-hybridized carbons (Fsp3) is 0.882. The van der Waals surface area contributed by atoms with Crippen LogP contribution in [0.3, 0.4) is 0 Å². The lowest BCUT2D eigenvalue weighted by molar-refractivity contribution is -0.158. The molecule has 124 valence electrons. The van der Waals surface area contributed by atoms with Crippen molar-refractivity contribution in [2.24, 2.45) is 5.92 Å². The molecule has 1 atom stereocenters. The van der Waals surface area contributed by atoms with E-state index in [4.69, 9.17) is 4.74 Å². The first-order valence-electron chi connectivity index (χ1n) is 8.74. The van der Waals surface area contributed by atoms with Crippen LogP contribution in [0.15, 0.2) is 0 Å². The van der Waals surface area contributed by atoms with Gasteiger partial charge in [0.15, 0.2) is 0 Å². The third-order valence-electron chi connectivity index (χ3n) is 5.58. The molecule has 5 nitrogen and oxygen atoms in total. The minimum Gasteiger partial charge on any atom is -0.457 e. The van der Waals surface area contributed by atoms with Crippen LogP contribution in [-0.2, 0) is 14.3 Å². The minimum atomic E-state index is -0.371. The van der Waals surface area contributed by atoms with Gasteiger partial charge in [-0.1, -0.05) is 0 Å². The van der Waals surface area contributed by atoms with Gasteiger partial charge in [-0.2, -0.15) is 0 Å². The molecule has 0 saturated carbocycles. The van der Waals surface area contributed by atoms with Crippen molar-refractivity contribution >= 4 is 11.9 Å². The summed E-state index contributed by atoms with van der Waals surface area (Å²) in [4.78, 5) is 28.7. The summed E-state index contributed by atoms with van der Waals surface area (Å²) in [5.74, 6) is 0.340. The van der Waals surface area contributed by atoms with Crippen LogP contribution in [0, 0.1) is 5.92 Å². The van der Waals surface area contributed by atoms with Gasteiger partial charge in [0.25, 0.3) is 0 Å². The Bertz CT molecular complexity index is 443. The van der Waals surface area contributed by atoms with Crippen molar-refractivity contribution in [3.63, 3.8) is 0 Å². The molecule has 0 unspecified atom stereocenters. The predicted molar refractivity (Wildman–Crippen MR) is 83.3 cm³/mol. The average molecular weight is 308 g/mol. The highest BCUT2D eigenvalue weighted by Crippen LogP contribution is 2.36. The minimum absolute atomic E-state index is 0.0976. The molecular weight excluding hydrogens is 280 g/mol. The van der Waals surface area contributed by atoms with Gasteiger partial charge in [-0.15, -0.1) is 0 Å². The largest absolute Gasteiger partial charge is 0.457 e. The van der Waals surface area contributed by atoms with E-state index in [0.717, 1.165) is 51.7 Å². The molecule has 3 aliphatic heterocycles. The van der Waals surface area contributed by atoms with Crippen molar-refractivity contribution < 1.29 is 14.3 Å². The first-order valence-corrected chi connectivity index (χ1v) is 8.74. The zero-order valence-electron chi connectivity index (χ0n) is 13.8. The van der Waals surface area contributed by atoms with E-state index in [1.165, 1.54) is 0 Å². The summed E-state index contributed by atoms with van der Waals surface area (Å²) in [5, 5.41) is 0. The van der Waals surface area contributed by atoms with Gasteiger partial charge in [0.1, 0.15) is 5.60 Å². The van der Waals surface area contributed by atoms with Crippen LogP contribution in [0.4, 0.5) is 0 Å². The summed E-state index contributed by atoms with van der Waals surface area (Å²) in [5.41, 5.74) is -0.371. The first kappa shape index (κ1) is 15.8. The predicted octanol–water partition coefficient (Wildman–Crippen LogP) is 1.80. The van der Waals surface area contributed by atoms with E-state index in [9.17, 15) is 9.59 Å². The van der Waals surface area contributed by atoms with E-state index >= 15 is 0 Å². The molecule has 1 spiro atoms. The summed E-state index contributed by atoms with van der Waals surface area (Å²) in [6.45, 7) is 7.89. The number of nitrogens with zero attached hydrogens (tertiary/aromatic N) is 2. The van der Waals surface area contributed by atoms with Crippen molar-refractivity contribution in [3.05, 3.63) is 0 Å². The molecule has 0 bridgehead atoms. The van der Waals surface area contributed by atoms with E-state index in [1.54, 1.807) is 0 Å². The molecule has 0 N–H and O–H groups in total. The van der Waals surface area contributed by atoms with Crippen LogP contribution in [-0.4, -0.2) is 59.5 Å². The monoisotopic (exact) mass is 308 g/mol. The Kier molecular flexibility index (Phi) is 4.44. The topological polar surface area (TPSA) is 49.9 Å². The number of ether oxygens (including phenoxy) is 1. The molecule has 3 rings (SSSR count). The van der Waals surface area contributed by atoms with Gasteiger partial charge in [0.05, 0.1) is 6.54 Å². The van der Waals surface area contributed by atoms with Crippen molar-refractivity contribution in [1.29, 1.82) is 0 Å². The quantitative estimate of drug-likeness (QED) is 0.730. The van der Waals surface area contributed by atoms with Gasteiger partial charge < -0.3 is 14.5 Å². The highest BCUT2D eigenvalue weighted by Gasteiger charge is 2.45. The van der Waals surface area contributed by atoms with E-state index in [1.807, 2.05) is 4.90 Å². The number of likely N-dealkylation sites (tertiary alicyclic amines) is 2. The van der Waals surface area contributed by atoms with Crippen LogP contribution in [0.5, 0.6) is 0 Å². The van der Waals surface area contributed by atoms with Crippen LogP contribution in [0.1, 0.15) is 52.4 Å². The Labute approximate surface area is 133 Å². The maximum atomic E-state index is 12.8. The molecule has 0 aromatic rings. The Hall–Kier alpha value is -1.10. The number of hydrogen-bond acceptors (Lipinski definition) is 4. The smallest absolute Gasteiger partial charge is 0.306 e. The summed E-state index contributed by atoms with van der Waals surface area (Å²) < 4.78 is 5.56. The van der Waals surface area contributed by atoms with Crippen LogP contribution >= 0.6 is 0 Å². The van der Waals surface area contributed by atoms with Gasteiger partial charge in [-0.25, -0.2) is 0 Å². The molecular formula is C17H28N2O3.